The molecule has 0 atom stereocenters. The minimum atomic E-state index is -0.208. The summed E-state index contributed by atoms with van der Waals surface area (Å²) < 4.78 is 14.1. The van der Waals surface area contributed by atoms with Gasteiger partial charge in [-0.3, -0.25) is 4.79 Å². The number of rotatable bonds is 2. The molecule has 0 radical (unpaired) electrons. The maximum absolute atomic E-state index is 14.1. The van der Waals surface area contributed by atoms with Crippen molar-refractivity contribution < 1.29 is 9.18 Å². The zero-order chi connectivity index (χ0) is 13.2. The predicted octanol–water partition coefficient (Wildman–Crippen LogP) is 3.46. The molecule has 0 saturated heterocycles. The molecule has 0 aromatic heterocycles. The highest BCUT2D eigenvalue weighted by atomic mass is 19.1. The molecule has 0 spiro atoms. The molecule has 102 valence electrons. The van der Waals surface area contributed by atoms with E-state index in [1.54, 1.807) is 12.1 Å². The summed E-state index contributed by atoms with van der Waals surface area (Å²) in [6, 6.07) is 3.66. The third kappa shape index (κ3) is 2.72. The number of hydrogen-bond acceptors (Lipinski definition) is 2. The lowest BCUT2D eigenvalue weighted by molar-refractivity contribution is -0.116. The minimum Gasteiger partial charge on any atom is -0.380 e. The normalized spacial score (nSPS) is 19.7. The molecule has 4 heteroatoms. The third-order valence-corrected chi connectivity index (χ3v) is 4.05. The average molecular weight is 262 g/mol. The van der Waals surface area contributed by atoms with Crippen LogP contribution in [-0.2, 0) is 11.2 Å². The van der Waals surface area contributed by atoms with Crippen LogP contribution in [0.4, 0.5) is 15.8 Å². The van der Waals surface area contributed by atoms with E-state index in [0.717, 1.165) is 24.1 Å². The fourth-order valence-corrected chi connectivity index (χ4v) is 2.98. The van der Waals surface area contributed by atoms with E-state index in [-0.39, 0.29) is 11.7 Å². The van der Waals surface area contributed by atoms with Crippen molar-refractivity contribution in [3.8, 4) is 0 Å². The van der Waals surface area contributed by atoms with Crippen molar-refractivity contribution in [1.29, 1.82) is 0 Å². The van der Waals surface area contributed by atoms with E-state index in [1.165, 1.54) is 19.3 Å². The number of amides is 1. The summed E-state index contributed by atoms with van der Waals surface area (Å²) in [7, 11) is 0. The Bertz CT molecular complexity index is 495. The first-order valence-electron chi connectivity index (χ1n) is 7.11. The van der Waals surface area contributed by atoms with Crippen molar-refractivity contribution in [2.24, 2.45) is 0 Å². The van der Waals surface area contributed by atoms with Crippen molar-refractivity contribution in [2.75, 3.05) is 10.6 Å². The Morgan fingerprint density at radius 2 is 1.95 bits per heavy atom. The number of fused-ring (bicyclic) bond motifs is 1. The summed E-state index contributed by atoms with van der Waals surface area (Å²) in [6.07, 6.45) is 6.97. The van der Waals surface area contributed by atoms with Crippen molar-refractivity contribution in [3.05, 3.63) is 23.5 Å². The molecule has 3 nitrogen and oxygen atoms in total. The van der Waals surface area contributed by atoms with Crippen LogP contribution in [-0.4, -0.2) is 11.9 Å². The SMILES string of the molecule is O=C1CCc2cc(F)c(NC3CCCCC3)cc2N1. The molecule has 1 saturated carbocycles. The smallest absolute Gasteiger partial charge is 0.224 e. The monoisotopic (exact) mass is 262 g/mol. The van der Waals surface area contributed by atoms with Crippen LogP contribution in [0.25, 0.3) is 0 Å². The summed E-state index contributed by atoms with van der Waals surface area (Å²) in [4.78, 5) is 11.4. The molecule has 1 heterocycles. The van der Waals surface area contributed by atoms with Gasteiger partial charge >= 0.3 is 0 Å². The molecule has 1 aromatic carbocycles. The van der Waals surface area contributed by atoms with Gasteiger partial charge < -0.3 is 10.6 Å². The largest absolute Gasteiger partial charge is 0.380 e. The van der Waals surface area contributed by atoms with Gasteiger partial charge in [0.2, 0.25) is 5.91 Å². The van der Waals surface area contributed by atoms with E-state index in [2.05, 4.69) is 10.6 Å². The van der Waals surface area contributed by atoms with Gasteiger partial charge in [0.1, 0.15) is 5.82 Å². The maximum atomic E-state index is 14.1. The number of carbonyl (C=O) groups excluding carboxylic acids is 1. The van der Waals surface area contributed by atoms with Gasteiger partial charge in [-0.05, 0) is 37.0 Å². The molecular weight excluding hydrogens is 243 g/mol. The second-order valence-electron chi connectivity index (χ2n) is 5.52. The Morgan fingerprint density at radius 3 is 2.74 bits per heavy atom. The molecule has 1 aliphatic heterocycles. The lowest BCUT2D eigenvalue weighted by atomic mass is 9.95. The molecule has 0 unspecified atom stereocenters. The first-order chi connectivity index (χ1) is 9.22. The lowest BCUT2D eigenvalue weighted by Gasteiger charge is -2.25. The summed E-state index contributed by atoms with van der Waals surface area (Å²) in [5.74, 6) is -0.191. The molecule has 0 bridgehead atoms. The summed E-state index contributed by atoms with van der Waals surface area (Å²) in [5.41, 5.74) is 2.18. The molecular formula is C15H19FN2O. The van der Waals surface area contributed by atoms with E-state index < -0.39 is 0 Å². The van der Waals surface area contributed by atoms with E-state index >= 15 is 0 Å². The summed E-state index contributed by atoms with van der Waals surface area (Å²) in [5, 5.41) is 6.11. The number of halogens is 1. The van der Waals surface area contributed by atoms with Gasteiger partial charge in [-0.15, -0.1) is 0 Å². The Morgan fingerprint density at radius 1 is 1.16 bits per heavy atom. The molecule has 1 aromatic rings. The van der Waals surface area contributed by atoms with E-state index in [1.807, 2.05) is 0 Å². The number of nitrogens with one attached hydrogen (secondary N) is 2. The zero-order valence-electron chi connectivity index (χ0n) is 11.0. The lowest BCUT2D eigenvalue weighted by Crippen LogP contribution is -2.24. The molecule has 1 fully saturated rings. The predicted molar refractivity (Wildman–Crippen MR) is 73.8 cm³/mol. The van der Waals surface area contributed by atoms with E-state index in [9.17, 15) is 9.18 Å². The van der Waals surface area contributed by atoms with Crippen LogP contribution in [0.3, 0.4) is 0 Å². The maximum Gasteiger partial charge on any atom is 0.224 e. The second-order valence-corrected chi connectivity index (χ2v) is 5.52. The van der Waals surface area contributed by atoms with Crippen LogP contribution in [0.1, 0.15) is 44.1 Å². The standard InChI is InChI=1S/C15H19FN2O/c16-12-8-10-6-7-15(19)18-13(10)9-14(12)17-11-4-2-1-3-5-11/h8-9,11,17H,1-7H2,(H,18,19). The second kappa shape index (κ2) is 5.19. The van der Waals surface area contributed by atoms with Crippen LogP contribution in [0.15, 0.2) is 12.1 Å². The highest BCUT2D eigenvalue weighted by Gasteiger charge is 2.19. The van der Waals surface area contributed by atoms with Gasteiger partial charge in [-0.2, -0.15) is 0 Å². The molecule has 1 amide bonds. The number of benzene rings is 1. The molecule has 2 N–H and O–H groups in total. The van der Waals surface area contributed by atoms with Crippen LogP contribution < -0.4 is 10.6 Å². The first kappa shape index (κ1) is 12.5. The summed E-state index contributed by atoms with van der Waals surface area (Å²) >= 11 is 0. The van der Waals surface area contributed by atoms with Crippen LogP contribution in [0.2, 0.25) is 0 Å². The highest BCUT2D eigenvalue weighted by Crippen LogP contribution is 2.30. The molecule has 1 aliphatic carbocycles. The summed E-state index contributed by atoms with van der Waals surface area (Å²) in [6.45, 7) is 0. The highest BCUT2D eigenvalue weighted by molar-refractivity contribution is 5.94. The Hall–Kier alpha value is -1.58. The van der Waals surface area contributed by atoms with E-state index in [4.69, 9.17) is 0 Å². The minimum absolute atomic E-state index is 0.0164. The van der Waals surface area contributed by atoms with Crippen molar-refractivity contribution in [1.82, 2.24) is 0 Å². The topological polar surface area (TPSA) is 41.1 Å². The zero-order valence-corrected chi connectivity index (χ0v) is 11.0. The van der Waals surface area contributed by atoms with Gasteiger partial charge in [0, 0.05) is 18.2 Å². The van der Waals surface area contributed by atoms with E-state index in [0.29, 0.717) is 24.6 Å². The molecule has 2 aliphatic rings. The van der Waals surface area contributed by atoms with Crippen LogP contribution in [0.5, 0.6) is 0 Å². The van der Waals surface area contributed by atoms with Crippen LogP contribution in [0, 0.1) is 5.82 Å². The fraction of sp³-hybridized carbons (Fsp3) is 0.533. The number of hydrogen-bond donors (Lipinski definition) is 2. The Kier molecular flexibility index (Phi) is 3.40. The van der Waals surface area contributed by atoms with Crippen molar-refractivity contribution in [2.45, 2.75) is 51.0 Å². The van der Waals surface area contributed by atoms with Gasteiger partial charge in [0.15, 0.2) is 0 Å². The Labute approximate surface area is 112 Å². The van der Waals surface area contributed by atoms with Crippen LogP contribution >= 0.6 is 0 Å². The average Bonchev–Trinajstić information content (AvgIpc) is 2.41. The van der Waals surface area contributed by atoms with Gasteiger partial charge in [-0.25, -0.2) is 4.39 Å². The van der Waals surface area contributed by atoms with Gasteiger partial charge in [0.05, 0.1) is 5.69 Å². The number of anilines is 2. The number of carbonyl (C=O) groups is 1. The first-order valence-corrected chi connectivity index (χ1v) is 7.11. The Balaban J connectivity index is 1.80. The van der Waals surface area contributed by atoms with Crippen molar-refractivity contribution in [3.63, 3.8) is 0 Å². The quantitative estimate of drug-likeness (QED) is 0.857. The number of aryl methyl sites for hydroxylation is 1. The van der Waals surface area contributed by atoms with Gasteiger partial charge in [0.25, 0.3) is 0 Å². The molecule has 19 heavy (non-hydrogen) atoms. The molecule has 3 rings (SSSR count). The van der Waals surface area contributed by atoms with Gasteiger partial charge in [-0.1, -0.05) is 19.3 Å². The van der Waals surface area contributed by atoms with Crippen molar-refractivity contribution >= 4 is 17.3 Å². The third-order valence-electron chi connectivity index (χ3n) is 4.05. The fourth-order valence-electron chi connectivity index (χ4n) is 2.98.